The molecule has 0 radical (unpaired) electrons. The van der Waals surface area contributed by atoms with E-state index in [1.165, 1.54) is 66.9 Å². The standard InChI is InChI=1S/C18H15F2NO3S/c19-16-6-1-14(2-7-16)5-10-18(22)13-25(23,24)21-12-11-15-3-8-17(20)9-4-15/h1-12,21H,13H2/b10-5-,12-11+. The van der Waals surface area contributed by atoms with Crippen molar-refractivity contribution in [1.82, 2.24) is 4.72 Å². The van der Waals surface area contributed by atoms with Crippen LogP contribution in [0.5, 0.6) is 0 Å². The second-order valence-corrected chi connectivity index (χ2v) is 6.87. The molecule has 2 aromatic rings. The Kier molecular flexibility index (Phi) is 6.19. The molecule has 0 saturated carbocycles. The summed E-state index contributed by atoms with van der Waals surface area (Å²) in [6.45, 7) is 0. The Balaban J connectivity index is 1.90. The molecule has 0 saturated heterocycles. The van der Waals surface area contributed by atoms with Crippen molar-refractivity contribution in [2.45, 2.75) is 0 Å². The highest BCUT2D eigenvalue weighted by Crippen LogP contribution is 2.06. The smallest absolute Gasteiger partial charge is 0.239 e. The fraction of sp³-hybridized carbons (Fsp3) is 0.0556. The van der Waals surface area contributed by atoms with Crippen LogP contribution in [0.4, 0.5) is 8.78 Å². The van der Waals surface area contributed by atoms with E-state index in [0.717, 1.165) is 6.08 Å². The Hall–Kier alpha value is -2.80. The molecule has 0 heterocycles. The SMILES string of the molecule is O=C(/C=C\c1ccc(F)cc1)CS(=O)(=O)N/C=C/c1ccc(F)cc1. The number of rotatable bonds is 7. The summed E-state index contributed by atoms with van der Waals surface area (Å²) < 4.78 is 51.3. The van der Waals surface area contributed by atoms with Crippen LogP contribution in [0.3, 0.4) is 0 Å². The highest BCUT2D eigenvalue weighted by molar-refractivity contribution is 7.90. The number of carbonyl (C=O) groups excluding carboxylic acids is 1. The van der Waals surface area contributed by atoms with E-state index < -0.39 is 33.2 Å². The molecule has 0 aliphatic heterocycles. The van der Waals surface area contributed by atoms with Gasteiger partial charge in [-0.05, 0) is 47.5 Å². The lowest BCUT2D eigenvalue weighted by molar-refractivity contribution is -0.112. The zero-order chi connectivity index (χ0) is 18.3. The van der Waals surface area contributed by atoms with E-state index in [0.29, 0.717) is 11.1 Å². The number of nitrogens with one attached hydrogen (secondary N) is 1. The monoisotopic (exact) mass is 363 g/mol. The Labute approximate surface area is 144 Å². The lowest BCUT2D eigenvalue weighted by atomic mass is 10.2. The first-order valence-corrected chi connectivity index (χ1v) is 8.88. The van der Waals surface area contributed by atoms with E-state index >= 15 is 0 Å². The minimum Gasteiger partial charge on any atom is -0.294 e. The lowest BCUT2D eigenvalue weighted by Crippen LogP contribution is -2.25. The van der Waals surface area contributed by atoms with Crippen molar-refractivity contribution < 1.29 is 22.0 Å². The van der Waals surface area contributed by atoms with Crippen molar-refractivity contribution in [3.05, 3.63) is 83.6 Å². The maximum atomic E-state index is 12.8. The number of allylic oxidation sites excluding steroid dienone is 1. The van der Waals surface area contributed by atoms with Crippen LogP contribution < -0.4 is 4.72 Å². The summed E-state index contributed by atoms with van der Waals surface area (Å²) in [5.41, 5.74) is 1.18. The van der Waals surface area contributed by atoms with Crippen LogP contribution >= 0.6 is 0 Å². The number of sulfonamides is 1. The molecule has 2 aromatic carbocycles. The summed E-state index contributed by atoms with van der Waals surface area (Å²) in [5.74, 6) is -2.13. The van der Waals surface area contributed by atoms with E-state index in [1.807, 2.05) is 0 Å². The molecule has 0 fully saturated rings. The molecule has 25 heavy (non-hydrogen) atoms. The van der Waals surface area contributed by atoms with Gasteiger partial charge in [0.05, 0.1) is 0 Å². The van der Waals surface area contributed by atoms with Crippen molar-refractivity contribution >= 4 is 28.0 Å². The van der Waals surface area contributed by atoms with Crippen LogP contribution in [0.15, 0.2) is 60.8 Å². The Morgan fingerprint density at radius 2 is 1.36 bits per heavy atom. The van der Waals surface area contributed by atoms with E-state index in [2.05, 4.69) is 4.72 Å². The number of halogens is 2. The van der Waals surface area contributed by atoms with Gasteiger partial charge >= 0.3 is 0 Å². The van der Waals surface area contributed by atoms with Gasteiger partial charge in [-0.25, -0.2) is 17.2 Å². The van der Waals surface area contributed by atoms with Crippen molar-refractivity contribution in [3.63, 3.8) is 0 Å². The third kappa shape index (κ3) is 6.68. The number of hydrogen-bond acceptors (Lipinski definition) is 3. The van der Waals surface area contributed by atoms with Crippen LogP contribution in [0.1, 0.15) is 11.1 Å². The molecule has 0 unspecified atom stereocenters. The largest absolute Gasteiger partial charge is 0.294 e. The quantitative estimate of drug-likeness (QED) is 0.769. The maximum absolute atomic E-state index is 12.8. The van der Waals surface area contributed by atoms with Gasteiger partial charge in [0.25, 0.3) is 0 Å². The van der Waals surface area contributed by atoms with Crippen molar-refractivity contribution in [3.8, 4) is 0 Å². The van der Waals surface area contributed by atoms with Gasteiger partial charge in [0.1, 0.15) is 17.4 Å². The summed E-state index contributed by atoms with van der Waals surface area (Å²) in [6, 6.07) is 10.9. The Morgan fingerprint density at radius 3 is 1.88 bits per heavy atom. The molecule has 0 amide bonds. The van der Waals surface area contributed by atoms with Crippen molar-refractivity contribution in [2.24, 2.45) is 0 Å². The molecule has 2 rings (SSSR count). The maximum Gasteiger partial charge on any atom is 0.239 e. The van der Waals surface area contributed by atoms with Crippen LogP contribution in [0, 0.1) is 11.6 Å². The van der Waals surface area contributed by atoms with Gasteiger partial charge in [-0.3, -0.25) is 9.52 Å². The second-order valence-electron chi connectivity index (χ2n) is 5.11. The van der Waals surface area contributed by atoms with E-state index in [4.69, 9.17) is 0 Å². The predicted octanol–water partition coefficient (Wildman–Crippen LogP) is 3.14. The van der Waals surface area contributed by atoms with Crippen molar-refractivity contribution in [2.75, 3.05) is 5.75 Å². The molecule has 4 nitrogen and oxygen atoms in total. The lowest BCUT2D eigenvalue weighted by Gasteiger charge is -2.01. The van der Waals surface area contributed by atoms with Crippen LogP contribution in [-0.2, 0) is 14.8 Å². The predicted molar refractivity (Wildman–Crippen MR) is 92.8 cm³/mol. The zero-order valence-corrected chi connectivity index (χ0v) is 13.8. The molecule has 1 N–H and O–H groups in total. The fourth-order valence-electron chi connectivity index (χ4n) is 1.85. The first-order valence-electron chi connectivity index (χ1n) is 7.23. The highest BCUT2D eigenvalue weighted by Gasteiger charge is 2.12. The van der Waals surface area contributed by atoms with Gasteiger partial charge in [0, 0.05) is 6.20 Å². The fourth-order valence-corrected chi connectivity index (χ4v) is 2.68. The first-order chi connectivity index (χ1) is 11.8. The highest BCUT2D eigenvalue weighted by atomic mass is 32.2. The summed E-state index contributed by atoms with van der Waals surface area (Å²) in [6.07, 6.45) is 5.14. The van der Waals surface area contributed by atoms with E-state index in [1.54, 1.807) is 0 Å². The molecule has 0 aromatic heterocycles. The topological polar surface area (TPSA) is 63.2 Å². The Bertz CT molecular complexity index is 887. The average Bonchev–Trinajstić information content (AvgIpc) is 2.55. The normalized spacial score (nSPS) is 11.9. The average molecular weight is 363 g/mol. The molecule has 0 spiro atoms. The van der Waals surface area contributed by atoms with Gasteiger partial charge in [0.2, 0.25) is 10.0 Å². The third-order valence-corrected chi connectivity index (χ3v) is 4.22. The second kappa shape index (κ2) is 8.34. The molecule has 130 valence electrons. The summed E-state index contributed by atoms with van der Waals surface area (Å²) >= 11 is 0. The van der Waals surface area contributed by atoms with Gasteiger partial charge < -0.3 is 0 Å². The minimum absolute atomic E-state index is 0.392. The third-order valence-electron chi connectivity index (χ3n) is 3.06. The molecular weight excluding hydrogens is 348 g/mol. The van der Waals surface area contributed by atoms with Gasteiger partial charge in [-0.1, -0.05) is 30.3 Å². The van der Waals surface area contributed by atoms with Crippen molar-refractivity contribution in [1.29, 1.82) is 0 Å². The molecule has 0 atom stereocenters. The van der Waals surface area contributed by atoms with Gasteiger partial charge in [0.15, 0.2) is 5.78 Å². The van der Waals surface area contributed by atoms with Gasteiger partial charge in [-0.2, -0.15) is 0 Å². The molecule has 0 bridgehead atoms. The zero-order valence-electron chi connectivity index (χ0n) is 13.0. The molecular formula is C18H15F2NO3S. The molecule has 7 heteroatoms. The molecule has 0 aliphatic rings. The van der Waals surface area contributed by atoms with Crippen LogP contribution in [0.25, 0.3) is 12.2 Å². The number of carbonyl (C=O) groups is 1. The van der Waals surface area contributed by atoms with E-state index in [9.17, 15) is 22.0 Å². The minimum atomic E-state index is -3.84. The Morgan fingerprint density at radius 1 is 0.880 bits per heavy atom. The summed E-state index contributed by atoms with van der Waals surface area (Å²) in [7, 11) is -3.84. The number of benzene rings is 2. The number of ketones is 1. The van der Waals surface area contributed by atoms with Crippen LogP contribution in [-0.4, -0.2) is 20.0 Å². The van der Waals surface area contributed by atoms with Gasteiger partial charge in [-0.15, -0.1) is 0 Å². The summed E-state index contributed by atoms with van der Waals surface area (Å²) in [5, 5.41) is 0. The summed E-state index contributed by atoms with van der Waals surface area (Å²) in [4.78, 5) is 11.7. The number of hydrogen-bond donors (Lipinski definition) is 1. The first kappa shape index (κ1) is 18.5. The van der Waals surface area contributed by atoms with Crippen LogP contribution in [0.2, 0.25) is 0 Å². The van der Waals surface area contributed by atoms with E-state index in [-0.39, 0.29) is 0 Å². The molecule has 0 aliphatic carbocycles.